The quantitative estimate of drug-likeness (QED) is 0.542. The maximum Gasteiger partial charge on any atom is 0.236 e. The largest absolute Gasteiger partial charge is 0.396 e. The summed E-state index contributed by atoms with van der Waals surface area (Å²) < 4.78 is 0. The van der Waals surface area contributed by atoms with Gasteiger partial charge in [-0.15, -0.1) is 0 Å². The van der Waals surface area contributed by atoms with Crippen molar-refractivity contribution in [2.75, 3.05) is 13.2 Å². The van der Waals surface area contributed by atoms with Gasteiger partial charge in [-0.2, -0.15) is 0 Å². The number of hydrogen-bond donors (Lipinski definition) is 3. The molecule has 0 aliphatic rings. The molecule has 0 aliphatic heterocycles. The summed E-state index contributed by atoms with van der Waals surface area (Å²) in [6.45, 7) is 6.95. The Morgan fingerprint density at radius 2 is 2.00 bits per heavy atom. The molecule has 4 nitrogen and oxygen atoms in total. The summed E-state index contributed by atoms with van der Waals surface area (Å²) in [7, 11) is 0. The van der Waals surface area contributed by atoms with Gasteiger partial charge in [-0.25, -0.2) is 0 Å². The van der Waals surface area contributed by atoms with Crippen LogP contribution in [0.5, 0.6) is 0 Å². The molecule has 4 N–H and O–H groups in total. The van der Waals surface area contributed by atoms with Gasteiger partial charge in [0.1, 0.15) is 0 Å². The fraction of sp³-hybridized carbons (Fsp3) is 0.917. The Morgan fingerprint density at radius 1 is 1.38 bits per heavy atom. The van der Waals surface area contributed by atoms with Gasteiger partial charge < -0.3 is 16.2 Å². The van der Waals surface area contributed by atoms with Crippen molar-refractivity contribution in [3.63, 3.8) is 0 Å². The lowest BCUT2D eigenvalue weighted by Crippen LogP contribution is -2.41. The standard InChI is InChI=1S/C12H26N2O2/c1-9(2)7-11(13)12(16)14-6-4-5-10(3)8-15/h9-11,15H,4-8,13H2,1-3H3,(H,14,16)/t10?,11-/m0/s1. The zero-order valence-corrected chi connectivity index (χ0v) is 10.7. The van der Waals surface area contributed by atoms with Crippen molar-refractivity contribution in [1.29, 1.82) is 0 Å². The second kappa shape index (κ2) is 8.53. The van der Waals surface area contributed by atoms with E-state index in [-0.39, 0.29) is 12.5 Å². The van der Waals surface area contributed by atoms with Crippen LogP contribution in [0.2, 0.25) is 0 Å². The predicted molar refractivity (Wildman–Crippen MR) is 65.9 cm³/mol. The summed E-state index contributed by atoms with van der Waals surface area (Å²) in [5.41, 5.74) is 5.73. The first-order valence-corrected chi connectivity index (χ1v) is 6.11. The van der Waals surface area contributed by atoms with Gasteiger partial charge in [0.15, 0.2) is 0 Å². The number of nitrogens with one attached hydrogen (secondary N) is 1. The minimum Gasteiger partial charge on any atom is -0.396 e. The number of hydrogen-bond acceptors (Lipinski definition) is 3. The minimum absolute atomic E-state index is 0.0645. The number of rotatable bonds is 8. The minimum atomic E-state index is -0.393. The Balaban J connectivity index is 3.57. The Morgan fingerprint density at radius 3 is 2.50 bits per heavy atom. The molecule has 16 heavy (non-hydrogen) atoms. The highest BCUT2D eigenvalue weighted by Gasteiger charge is 2.13. The van der Waals surface area contributed by atoms with Crippen LogP contribution in [0.3, 0.4) is 0 Å². The second-order valence-electron chi connectivity index (χ2n) is 4.96. The smallest absolute Gasteiger partial charge is 0.236 e. The Bertz CT molecular complexity index is 195. The summed E-state index contributed by atoms with van der Waals surface area (Å²) in [4.78, 5) is 11.5. The van der Waals surface area contributed by atoms with Crippen LogP contribution >= 0.6 is 0 Å². The number of aliphatic hydroxyl groups excluding tert-OH is 1. The van der Waals surface area contributed by atoms with Crippen LogP contribution in [0.15, 0.2) is 0 Å². The van der Waals surface area contributed by atoms with Crippen molar-refractivity contribution < 1.29 is 9.90 Å². The monoisotopic (exact) mass is 230 g/mol. The van der Waals surface area contributed by atoms with E-state index in [2.05, 4.69) is 19.2 Å². The maximum absolute atomic E-state index is 11.5. The van der Waals surface area contributed by atoms with Crippen molar-refractivity contribution in [2.24, 2.45) is 17.6 Å². The number of carbonyl (C=O) groups excluding carboxylic acids is 1. The van der Waals surface area contributed by atoms with Gasteiger partial charge in [-0.05, 0) is 31.1 Å². The molecule has 1 unspecified atom stereocenters. The first kappa shape index (κ1) is 15.4. The molecule has 0 saturated carbocycles. The van der Waals surface area contributed by atoms with E-state index in [4.69, 9.17) is 10.8 Å². The zero-order valence-electron chi connectivity index (χ0n) is 10.7. The van der Waals surface area contributed by atoms with Crippen LogP contribution in [0.25, 0.3) is 0 Å². The topological polar surface area (TPSA) is 75.4 Å². The Hall–Kier alpha value is -0.610. The third-order valence-electron chi connectivity index (χ3n) is 2.55. The molecule has 0 rings (SSSR count). The molecule has 96 valence electrons. The lowest BCUT2D eigenvalue weighted by Gasteiger charge is -2.14. The normalized spacial score (nSPS) is 14.9. The third-order valence-corrected chi connectivity index (χ3v) is 2.55. The molecule has 0 aromatic rings. The molecular weight excluding hydrogens is 204 g/mol. The molecule has 0 saturated heterocycles. The third kappa shape index (κ3) is 7.65. The Labute approximate surface area is 98.6 Å². The number of nitrogens with two attached hydrogens (primary N) is 1. The van der Waals surface area contributed by atoms with Crippen molar-refractivity contribution in [1.82, 2.24) is 5.32 Å². The molecule has 0 spiro atoms. The molecule has 0 radical (unpaired) electrons. The maximum atomic E-state index is 11.5. The van der Waals surface area contributed by atoms with Gasteiger partial charge in [0, 0.05) is 13.2 Å². The van der Waals surface area contributed by atoms with E-state index >= 15 is 0 Å². The average Bonchev–Trinajstić information content (AvgIpc) is 2.22. The molecule has 0 fully saturated rings. The number of aliphatic hydroxyl groups is 1. The molecule has 0 bridgehead atoms. The molecule has 0 aromatic carbocycles. The van der Waals surface area contributed by atoms with Gasteiger partial charge in [0.2, 0.25) is 5.91 Å². The molecule has 0 heterocycles. The Kier molecular flexibility index (Phi) is 8.21. The van der Waals surface area contributed by atoms with E-state index in [1.54, 1.807) is 0 Å². The van der Waals surface area contributed by atoms with Crippen LogP contribution in [0, 0.1) is 11.8 Å². The fourth-order valence-electron chi connectivity index (χ4n) is 1.50. The SMILES string of the molecule is CC(C)C[C@H](N)C(=O)NCCCC(C)CO. The van der Waals surface area contributed by atoms with E-state index in [0.717, 1.165) is 19.3 Å². The molecule has 2 atom stereocenters. The van der Waals surface area contributed by atoms with E-state index in [1.165, 1.54) is 0 Å². The van der Waals surface area contributed by atoms with E-state index in [1.807, 2.05) is 6.92 Å². The number of carbonyl (C=O) groups is 1. The van der Waals surface area contributed by atoms with E-state index in [0.29, 0.717) is 18.4 Å². The number of amides is 1. The van der Waals surface area contributed by atoms with Crippen molar-refractivity contribution >= 4 is 5.91 Å². The first-order valence-electron chi connectivity index (χ1n) is 6.11. The van der Waals surface area contributed by atoms with Gasteiger partial charge in [0.05, 0.1) is 6.04 Å². The molecule has 4 heteroatoms. The molecule has 0 aliphatic carbocycles. The average molecular weight is 230 g/mol. The van der Waals surface area contributed by atoms with Gasteiger partial charge in [-0.1, -0.05) is 20.8 Å². The van der Waals surface area contributed by atoms with Crippen molar-refractivity contribution in [3.05, 3.63) is 0 Å². The van der Waals surface area contributed by atoms with Crippen LogP contribution in [0.1, 0.15) is 40.0 Å². The molecular formula is C12H26N2O2. The van der Waals surface area contributed by atoms with Crippen molar-refractivity contribution in [3.8, 4) is 0 Å². The van der Waals surface area contributed by atoms with E-state index in [9.17, 15) is 4.79 Å². The highest BCUT2D eigenvalue weighted by molar-refractivity contribution is 5.81. The lowest BCUT2D eigenvalue weighted by molar-refractivity contribution is -0.122. The summed E-state index contributed by atoms with van der Waals surface area (Å²) in [6, 6.07) is -0.393. The van der Waals surface area contributed by atoms with Crippen LogP contribution in [0.4, 0.5) is 0 Å². The van der Waals surface area contributed by atoms with Crippen molar-refractivity contribution in [2.45, 2.75) is 46.1 Å². The fourth-order valence-corrected chi connectivity index (χ4v) is 1.50. The van der Waals surface area contributed by atoms with Crippen LogP contribution in [-0.2, 0) is 4.79 Å². The molecule has 1 amide bonds. The predicted octanol–water partition coefficient (Wildman–Crippen LogP) is 0.885. The first-order chi connectivity index (χ1) is 7.47. The lowest BCUT2D eigenvalue weighted by atomic mass is 10.0. The zero-order chi connectivity index (χ0) is 12.6. The highest BCUT2D eigenvalue weighted by atomic mass is 16.3. The van der Waals surface area contributed by atoms with Gasteiger partial charge in [-0.3, -0.25) is 4.79 Å². The van der Waals surface area contributed by atoms with E-state index < -0.39 is 6.04 Å². The van der Waals surface area contributed by atoms with Gasteiger partial charge in [0.25, 0.3) is 0 Å². The van der Waals surface area contributed by atoms with Crippen LogP contribution in [-0.4, -0.2) is 30.2 Å². The second-order valence-corrected chi connectivity index (χ2v) is 4.96. The summed E-state index contributed by atoms with van der Waals surface area (Å²) in [5.74, 6) is 0.682. The summed E-state index contributed by atoms with van der Waals surface area (Å²) in [5, 5.41) is 11.6. The van der Waals surface area contributed by atoms with Crippen LogP contribution < -0.4 is 11.1 Å². The molecule has 0 aromatic heterocycles. The van der Waals surface area contributed by atoms with Gasteiger partial charge >= 0.3 is 0 Å². The summed E-state index contributed by atoms with van der Waals surface area (Å²) in [6.07, 6.45) is 2.54. The summed E-state index contributed by atoms with van der Waals surface area (Å²) >= 11 is 0. The highest BCUT2D eigenvalue weighted by Crippen LogP contribution is 2.04.